The van der Waals surface area contributed by atoms with Crippen molar-refractivity contribution in [3.8, 4) is 0 Å². The van der Waals surface area contributed by atoms with Crippen LogP contribution in [0.1, 0.15) is 40.3 Å². The number of para-hydroxylation sites is 1. The molecule has 2 N–H and O–H groups in total. The zero-order valence-electron chi connectivity index (χ0n) is 16.3. The van der Waals surface area contributed by atoms with Crippen LogP contribution >= 0.6 is 0 Å². The first-order valence-electron chi connectivity index (χ1n) is 9.36. The van der Waals surface area contributed by atoms with Gasteiger partial charge in [0.2, 0.25) is 0 Å². The molecule has 0 aliphatic heterocycles. The Hall–Kier alpha value is -3.74. The lowest BCUT2D eigenvalue weighted by Gasteiger charge is -2.10. The maximum absolute atomic E-state index is 12.4. The molecule has 0 saturated heterocycles. The van der Waals surface area contributed by atoms with Crippen LogP contribution in [0.2, 0.25) is 0 Å². The highest BCUT2D eigenvalue weighted by atomic mass is 16.5. The Labute approximate surface area is 169 Å². The maximum atomic E-state index is 12.4. The highest BCUT2D eigenvalue weighted by Crippen LogP contribution is 2.18. The molecule has 1 heterocycles. The fourth-order valence-electron chi connectivity index (χ4n) is 2.70. The molecule has 148 valence electrons. The highest BCUT2D eigenvalue weighted by molar-refractivity contribution is 6.03. The normalized spacial score (nSPS) is 10.3. The zero-order chi connectivity index (χ0) is 20.6. The lowest BCUT2D eigenvalue weighted by molar-refractivity contribution is 0.0526. The summed E-state index contributed by atoms with van der Waals surface area (Å²) in [4.78, 5) is 32.5. The minimum atomic E-state index is -0.362. The van der Waals surface area contributed by atoms with Gasteiger partial charge in [-0.3, -0.25) is 4.79 Å². The molecule has 3 rings (SSSR count). The minimum Gasteiger partial charge on any atom is -0.462 e. The van der Waals surface area contributed by atoms with E-state index in [2.05, 4.69) is 20.6 Å². The van der Waals surface area contributed by atoms with Crippen molar-refractivity contribution in [2.75, 3.05) is 17.2 Å². The maximum Gasteiger partial charge on any atom is 0.338 e. The van der Waals surface area contributed by atoms with Crippen molar-refractivity contribution in [2.45, 2.75) is 20.3 Å². The van der Waals surface area contributed by atoms with Gasteiger partial charge in [-0.25, -0.2) is 14.8 Å². The van der Waals surface area contributed by atoms with Crippen LogP contribution in [0.4, 0.5) is 17.2 Å². The summed E-state index contributed by atoms with van der Waals surface area (Å²) in [5.41, 5.74) is 3.26. The van der Waals surface area contributed by atoms with E-state index >= 15 is 0 Å². The van der Waals surface area contributed by atoms with Crippen molar-refractivity contribution in [2.24, 2.45) is 0 Å². The molecular weight excluding hydrogens is 368 g/mol. The van der Waals surface area contributed by atoms with Crippen LogP contribution in [-0.4, -0.2) is 28.5 Å². The van der Waals surface area contributed by atoms with Gasteiger partial charge >= 0.3 is 5.97 Å². The van der Waals surface area contributed by atoms with E-state index in [0.717, 1.165) is 23.4 Å². The van der Waals surface area contributed by atoms with Gasteiger partial charge in [0, 0.05) is 11.4 Å². The van der Waals surface area contributed by atoms with Crippen LogP contribution in [0.5, 0.6) is 0 Å². The average molecular weight is 390 g/mol. The number of benzene rings is 2. The van der Waals surface area contributed by atoms with E-state index in [0.29, 0.717) is 18.0 Å². The molecule has 1 amide bonds. The van der Waals surface area contributed by atoms with Crippen molar-refractivity contribution in [3.63, 3.8) is 0 Å². The monoisotopic (exact) mass is 390 g/mol. The Balaban J connectivity index is 1.64. The molecular formula is C22H22N4O3. The van der Waals surface area contributed by atoms with E-state index in [1.165, 1.54) is 12.4 Å². The molecule has 0 spiro atoms. The standard InChI is InChI=1S/C22H22N4O3/c1-3-15-7-5-6-8-18(15)26-21(27)19-13-24-20(14-23-19)25-17-11-9-16(10-12-17)22(28)29-4-2/h5-14H,3-4H2,1-2H3,(H,24,25)(H,26,27). The second-order valence-electron chi connectivity index (χ2n) is 6.17. The van der Waals surface area contributed by atoms with Gasteiger partial charge in [0.25, 0.3) is 5.91 Å². The molecule has 7 heteroatoms. The van der Waals surface area contributed by atoms with Gasteiger partial charge in [-0.1, -0.05) is 25.1 Å². The van der Waals surface area contributed by atoms with Crippen LogP contribution in [0.3, 0.4) is 0 Å². The molecule has 3 aromatic rings. The van der Waals surface area contributed by atoms with E-state index in [9.17, 15) is 9.59 Å². The number of ether oxygens (including phenoxy) is 1. The fourth-order valence-corrected chi connectivity index (χ4v) is 2.70. The third-order valence-electron chi connectivity index (χ3n) is 4.20. The third kappa shape index (κ3) is 5.16. The summed E-state index contributed by atoms with van der Waals surface area (Å²) >= 11 is 0. The van der Waals surface area contributed by atoms with E-state index < -0.39 is 0 Å². The van der Waals surface area contributed by atoms with Crippen LogP contribution < -0.4 is 10.6 Å². The van der Waals surface area contributed by atoms with Crippen LogP contribution in [-0.2, 0) is 11.2 Å². The second-order valence-corrected chi connectivity index (χ2v) is 6.17. The lowest BCUT2D eigenvalue weighted by Crippen LogP contribution is -2.15. The minimum absolute atomic E-state index is 0.221. The molecule has 0 saturated carbocycles. The number of anilines is 3. The van der Waals surface area contributed by atoms with Crippen LogP contribution in [0.15, 0.2) is 60.9 Å². The molecule has 0 aliphatic carbocycles. The van der Waals surface area contributed by atoms with Crippen molar-refractivity contribution in [1.29, 1.82) is 0 Å². The van der Waals surface area contributed by atoms with Crippen molar-refractivity contribution in [1.82, 2.24) is 9.97 Å². The predicted molar refractivity (Wildman–Crippen MR) is 111 cm³/mol. The van der Waals surface area contributed by atoms with Gasteiger partial charge < -0.3 is 15.4 Å². The second kappa shape index (κ2) is 9.45. The van der Waals surface area contributed by atoms with Gasteiger partial charge in [0.1, 0.15) is 11.5 Å². The van der Waals surface area contributed by atoms with Crippen molar-refractivity contribution >= 4 is 29.1 Å². The number of nitrogens with one attached hydrogen (secondary N) is 2. The number of hydrogen-bond acceptors (Lipinski definition) is 6. The molecule has 0 bridgehead atoms. The smallest absolute Gasteiger partial charge is 0.338 e. The SMILES string of the molecule is CCOC(=O)c1ccc(Nc2cnc(C(=O)Nc3ccccc3CC)cn2)cc1. The summed E-state index contributed by atoms with van der Waals surface area (Å²) in [6.07, 6.45) is 3.72. The number of esters is 1. The molecule has 0 atom stereocenters. The van der Waals surface area contributed by atoms with Crippen molar-refractivity contribution < 1.29 is 14.3 Å². The number of nitrogens with zero attached hydrogens (tertiary/aromatic N) is 2. The first kappa shape index (κ1) is 20.0. The first-order chi connectivity index (χ1) is 14.1. The van der Waals surface area contributed by atoms with E-state index in [1.807, 2.05) is 31.2 Å². The summed E-state index contributed by atoms with van der Waals surface area (Å²) in [5.74, 6) is -0.193. The largest absolute Gasteiger partial charge is 0.462 e. The van der Waals surface area contributed by atoms with Gasteiger partial charge in [-0.2, -0.15) is 0 Å². The molecule has 0 fully saturated rings. The van der Waals surface area contributed by atoms with Gasteiger partial charge in [-0.15, -0.1) is 0 Å². The zero-order valence-corrected chi connectivity index (χ0v) is 16.3. The summed E-state index contributed by atoms with van der Waals surface area (Å²) in [6, 6.07) is 14.5. The summed E-state index contributed by atoms with van der Waals surface area (Å²) < 4.78 is 4.96. The van der Waals surface area contributed by atoms with E-state index in [4.69, 9.17) is 4.74 Å². The summed E-state index contributed by atoms with van der Waals surface area (Å²) in [7, 11) is 0. The average Bonchev–Trinajstić information content (AvgIpc) is 2.75. The molecule has 0 unspecified atom stereocenters. The Morgan fingerprint density at radius 1 is 0.966 bits per heavy atom. The number of carbonyl (C=O) groups is 2. The molecule has 0 aliphatic rings. The number of rotatable bonds is 7. The predicted octanol–water partition coefficient (Wildman–Crippen LogP) is 4.21. The Morgan fingerprint density at radius 2 is 1.72 bits per heavy atom. The number of aromatic nitrogens is 2. The Bertz CT molecular complexity index is 986. The van der Waals surface area contributed by atoms with Gasteiger partial charge in [0.15, 0.2) is 0 Å². The molecule has 1 aromatic heterocycles. The Morgan fingerprint density at radius 3 is 2.38 bits per heavy atom. The number of carbonyl (C=O) groups excluding carboxylic acids is 2. The van der Waals surface area contributed by atoms with Gasteiger partial charge in [-0.05, 0) is 49.2 Å². The first-order valence-corrected chi connectivity index (χ1v) is 9.36. The molecule has 29 heavy (non-hydrogen) atoms. The molecule has 2 aromatic carbocycles. The number of aryl methyl sites for hydroxylation is 1. The van der Waals surface area contributed by atoms with Crippen LogP contribution in [0.25, 0.3) is 0 Å². The lowest BCUT2D eigenvalue weighted by atomic mass is 10.1. The van der Waals surface area contributed by atoms with E-state index in [-0.39, 0.29) is 17.6 Å². The van der Waals surface area contributed by atoms with Gasteiger partial charge in [0.05, 0.1) is 24.6 Å². The van der Waals surface area contributed by atoms with E-state index in [1.54, 1.807) is 31.2 Å². The summed E-state index contributed by atoms with van der Waals surface area (Å²) in [6.45, 7) is 4.13. The molecule has 0 radical (unpaired) electrons. The molecule has 7 nitrogen and oxygen atoms in total. The Kier molecular flexibility index (Phi) is 6.52. The fraction of sp³-hybridized carbons (Fsp3) is 0.182. The quantitative estimate of drug-likeness (QED) is 0.587. The van der Waals surface area contributed by atoms with Crippen LogP contribution in [0, 0.1) is 0 Å². The third-order valence-corrected chi connectivity index (χ3v) is 4.20. The topological polar surface area (TPSA) is 93.2 Å². The highest BCUT2D eigenvalue weighted by Gasteiger charge is 2.11. The number of amides is 1. The number of hydrogen-bond donors (Lipinski definition) is 2. The van der Waals surface area contributed by atoms with Crippen molar-refractivity contribution in [3.05, 3.63) is 77.7 Å². The summed E-state index contributed by atoms with van der Waals surface area (Å²) in [5, 5.41) is 5.95.